The number of aryl methyl sites for hydroxylation is 1. The third-order valence-electron chi connectivity index (χ3n) is 5.25. The van der Waals surface area contributed by atoms with Crippen LogP contribution in [-0.2, 0) is 19.4 Å². The normalized spacial score (nSPS) is 13.0. The molecule has 156 valence electrons. The van der Waals surface area contributed by atoms with E-state index in [0.29, 0.717) is 11.0 Å². The molecular weight excluding hydrogens is 400 g/mol. The number of rotatable bonds is 6. The highest BCUT2D eigenvalue weighted by Crippen LogP contribution is 2.34. The number of methoxy groups -OCH3 is 2. The van der Waals surface area contributed by atoms with Gasteiger partial charge in [-0.05, 0) is 54.3 Å². The molecule has 0 radical (unpaired) electrons. The topological polar surface area (TPSA) is 59.5 Å². The Labute approximate surface area is 181 Å². The van der Waals surface area contributed by atoms with E-state index in [4.69, 9.17) is 26.1 Å². The Morgan fingerprint density at radius 3 is 2.50 bits per heavy atom. The minimum atomic E-state index is 0.574. The van der Waals surface area contributed by atoms with E-state index in [9.17, 15) is 0 Å². The lowest BCUT2D eigenvalue weighted by molar-refractivity contribution is 0.353. The Morgan fingerprint density at radius 2 is 1.80 bits per heavy atom. The minimum absolute atomic E-state index is 0.574. The van der Waals surface area contributed by atoms with Crippen molar-refractivity contribution in [1.29, 1.82) is 0 Å². The Balaban J connectivity index is 1.62. The summed E-state index contributed by atoms with van der Waals surface area (Å²) < 4.78 is 10.9. The Kier molecular flexibility index (Phi) is 5.95. The number of benzene rings is 2. The van der Waals surface area contributed by atoms with Crippen LogP contribution >= 0.6 is 11.6 Å². The third-order valence-corrected chi connectivity index (χ3v) is 5.49. The number of nitrogens with one attached hydrogen (secondary N) is 1. The third kappa shape index (κ3) is 4.28. The van der Waals surface area contributed by atoms with Gasteiger partial charge in [0.1, 0.15) is 5.82 Å². The van der Waals surface area contributed by atoms with Gasteiger partial charge in [0, 0.05) is 35.6 Å². The highest BCUT2D eigenvalue weighted by Gasteiger charge is 2.21. The van der Waals surface area contributed by atoms with Crippen molar-refractivity contribution in [2.24, 2.45) is 0 Å². The number of halogens is 1. The van der Waals surface area contributed by atoms with Crippen LogP contribution in [0.3, 0.4) is 0 Å². The molecule has 1 aromatic heterocycles. The number of anilines is 3. The standard InChI is InChI=1S/C23H25ClN4O2/c1-4-18-13-22(27-23(25-18)26-19-7-5-6-17(24)12-19)28-9-8-15-10-20(29-2)21(30-3)11-16(15)14-28/h5-7,10-13H,4,8-9,14H2,1-3H3,(H,25,26,27). The second-order valence-corrected chi connectivity index (χ2v) is 7.61. The van der Waals surface area contributed by atoms with E-state index >= 15 is 0 Å². The monoisotopic (exact) mass is 424 g/mol. The van der Waals surface area contributed by atoms with Crippen molar-refractivity contribution >= 4 is 29.1 Å². The SMILES string of the molecule is CCc1cc(N2CCc3cc(OC)c(OC)cc3C2)nc(Nc2cccc(Cl)c2)n1. The zero-order valence-corrected chi connectivity index (χ0v) is 18.2. The summed E-state index contributed by atoms with van der Waals surface area (Å²) in [5.74, 6) is 3.00. The number of hydrogen-bond acceptors (Lipinski definition) is 6. The van der Waals surface area contributed by atoms with Gasteiger partial charge in [-0.25, -0.2) is 4.98 Å². The van der Waals surface area contributed by atoms with E-state index < -0.39 is 0 Å². The lowest BCUT2D eigenvalue weighted by Crippen LogP contribution is -2.31. The van der Waals surface area contributed by atoms with E-state index in [0.717, 1.165) is 54.6 Å². The first kappa shape index (κ1) is 20.3. The molecule has 0 amide bonds. The fraction of sp³-hybridized carbons (Fsp3) is 0.304. The highest BCUT2D eigenvalue weighted by atomic mass is 35.5. The van der Waals surface area contributed by atoms with Crippen LogP contribution in [0.5, 0.6) is 11.5 Å². The van der Waals surface area contributed by atoms with Crippen LogP contribution in [0.25, 0.3) is 0 Å². The molecule has 0 aliphatic carbocycles. The van der Waals surface area contributed by atoms with Gasteiger partial charge in [0.05, 0.1) is 14.2 Å². The number of hydrogen-bond donors (Lipinski definition) is 1. The molecule has 30 heavy (non-hydrogen) atoms. The number of aromatic nitrogens is 2. The van der Waals surface area contributed by atoms with Crippen molar-refractivity contribution in [1.82, 2.24) is 9.97 Å². The molecule has 1 aliphatic heterocycles. The molecule has 0 fully saturated rings. The molecule has 0 atom stereocenters. The van der Waals surface area contributed by atoms with Crippen LogP contribution < -0.4 is 19.7 Å². The van der Waals surface area contributed by atoms with Gasteiger partial charge in [0.25, 0.3) is 0 Å². The van der Waals surface area contributed by atoms with Crippen LogP contribution in [0, 0.1) is 0 Å². The summed E-state index contributed by atoms with van der Waals surface area (Å²) in [6, 6.07) is 13.8. The first-order chi connectivity index (χ1) is 14.6. The molecule has 0 saturated carbocycles. The van der Waals surface area contributed by atoms with Gasteiger partial charge in [0.15, 0.2) is 11.5 Å². The average molecular weight is 425 g/mol. The van der Waals surface area contributed by atoms with Crippen LogP contribution in [0.15, 0.2) is 42.5 Å². The zero-order valence-electron chi connectivity index (χ0n) is 17.4. The molecule has 3 aromatic rings. The van der Waals surface area contributed by atoms with Crippen molar-refractivity contribution in [2.75, 3.05) is 31.0 Å². The van der Waals surface area contributed by atoms with Gasteiger partial charge in [-0.15, -0.1) is 0 Å². The molecule has 1 N–H and O–H groups in total. The van der Waals surface area contributed by atoms with E-state index in [2.05, 4.69) is 40.3 Å². The maximum Gasteiger partial charge on any atom is 0.229 e. The Bertz CT molecular complexity index is 1060. The summed E-state index contributed by atoms with van der Waals surface area (Å²) in [5.41, 5.74) is 4.36. The average Bonchev–Trinajstić information content (AvgIpc) is 2.77. The van der Waals surface area contributed by atoms with Crippen LogP contribution in [-0.4, -0.2) is 30.7 Å². The minimum Gasteiger partial charge on any atom is -0.493 e. The van der Waals surface area contributed by atoms with Crippen LogP contribution in [0.2, 0.25) is 5.02 Å². The summed E-state index contributed by atoms with van der Waals surface area (Å²) in [5, 5.41) is 3.95. The highest BCUT2D eigenvalue weighted by molar-refractivity contribution is 6.30. The van der Waals surface area contributed by atoms with Crippen molar-refractivity contribution in [2.45, 2.75) is 26.3 Å². The van der Waals surface area contributed by atoms with Gasteiger partial charge >= 0.3 is 0 Å². The molecule has 0 unspecified atom stereocenters. The van der Waals surface area contributed by atoms with Crippen LogP contribution in [0.4, 0.5) is 17.5 Å². The van der Waals surface area contributed by atoms with Gasteiger partial charge in [-0.3, -0.25) is 0 Å². The van der Waals surface area contributed by atoms with Crippen LogP contribution in [0.1, 0.15) is 23.7 Å². The molecule has 2 aromatic carbocycles. The summed E-state index contributed by atoms with van der Waals surface area (Å²) in [7, 11) is 3.33. The predicted octanol–water partition coefficient (Wildman–Crippen LogP) is 5.02. The lowest BCUT2D eigenvalue weighted by Gasteiger charge is -2.31. The van der Waals surface area contributed by atoms with Gasteiger partial charge < -0.3 is 19.7 Å². The fourth-order valence-electron chi connectivity index (χ4n) is 3.66. The summed E-state index contributed by atoms with van der Waals surface area (Å²) in [6.45, 7) is 3.73. The molecule has 0 spiro atoms. The maximum atomic E-state index is 6.11. The zero-order chi connectivity index (χ0) is 21.1. The second-order valence-electron chi connectivity index (χ2n) is 7.18. The maximum absolute atomic E-state index is 6.11. The number of ether oxygens (including phenoxy) is 2. The summed E-state index contributed by atoms with van der Waals surface area (Å²) in [4.78, 5) is 11.7. The molecule has 0 saturated heterocycles. The smallest absolute Gasteiger partial charge is 0.229 e. The molecular formula is C23H25ClN4O2. The van der Waals surface area contributed by atoms with Crippen molar-refractivity contribution in [3.63, 3.8) is 0 Å². The molecule has 0 bridgehead atoms. The molecule has 4 rings (SSSR count). The quantitative estimate of drug-likeness (QED) is 0.599. The second kappa shape index (κ2) is 8.79. The van der Waals surface area contributed by atoms with E-state index in [1.54, 1.807) is 14.2 Å². The Hall–Kier alpha value is -2.99. The van der Waals surface area contributed by atoms with E-state index in [-0.39, 0.29) is 0 Å². The lowest BCUT2D eigenvalue weighted by atomic mass is 9.98. The first-order valence-electron chi connectivity index (χ1n) is 9.99. The van der Waals surface area contributed by atoms with Crippen molar-refractivity contribution < 1.29 is 9.47 Å². The van der Waals surface area contributed by atoms with E-state index in [1.807, 2.05) is 24.3 Å². The first-order valence-corrected chi connectivity index (χ1v) is 10.4. The fourth-order valence-corrected chi connectivity index (χ4v) is 3.85. The molecule has 1 aliphatic rings. The van der Waals surface area contributed by atoms with Crippen molar-refractivity contribution in [3.05, 3.63) is 64.3 Å². The molecule has 6 nitrogen and oxygen atoms in total. The Morgan fingerprint density at radius 1 is 1.03 bits per heavy atom. The van der Waals surface area contributed by atoms with Crippen molar-refractivity contribution in [3.8, 4) is 11.5 Å². The molecule has 2 heterocycles. The number of fused-ring (bicyclic) bond motifs is 1. The number of nitrogens with zero attached hydrogens (tertiary/aromatic N) is 3. The van der Waals surface area contributed by atoms with Gasteiger partial charge in [0.2, 0.25) is 5.95 Å². The van der Waals surface area contributed by atoms with Gasteiger partial charge in [-0.1, -0.05) is 24.6 Å². The largest absolute Gasteiger partial charge is 0.493 e. The molecule has 7 heteroatoms. The predicted molar refractivity (Wildman–Crippen MR) is 120 cm³/mol. The van der Waals surface area contributed by atoms with Gasteiger partial charge in [-0.2, -0.15) is 4.98 Å². The van der Waals surface area contributed by atoms with E-state index in [1.165, 1.54) is 11.1 Å². The summed E-state index contributed by atoms with van der Waals surface area (Å²) >= 11 is 6.11. The summed E-state index contributed by atoms with van der Waals surface area (Å²) in [6.07, 6.45) is 1.74.